The maximum absolute atomic E-state index is 8.90. The number of hydrogen-bond donors (Lipinski definition) is 1. The van der Waals surface area contributed by atoms with Crippen LogP contribution in [0, 0.1) is 0 Å². The van der Waals surface area contributed by atoms with Crippen LogP contribution in [0.1, 0.15) is 18.9 Å². The van der Waals surface area contributed by atoms with E-state index >= 15 is 0 Å². The van der Waals surface area contributed by atoms with Crippen molar-refractivity contribution in [3.05, 3.63) is 27.7 Å². The Labute approximate surface area is 93.4 Å². The van der Waals surface area contributed by atoms with Crippen LogP contribution >= 0.6 is 23.2 Å². The first-order valence-electron chi connectivity index (χ1n) is 4.40. The average Bonchev–Trinajstić information content (AvgIpc) is 2.16. The lowest BCUT2D eigenvalue weighted by molar-refractivity contribution is 0.281. The smallest absolute Gasteiger partial charge is 0.156 e. The monoisotopic (exact) mass is 234 g/mol. The van der Waals surface area contributed by atoms with Crippen LogP contribution in [0.3, 0.4) is 0 Å². The molecule has 4 heteroatoms. The number of hydrogen-bond acceptors (Lipinski definition) is 2. The van der Waals surface area contributed by atoms with Crippen molar-refractivity contribution >= 4 is 23.2 Å². The maximum Gasteiger partial charge on any atom is 0.156 e. The van der Waals surface area contributed by atoms with Crippen molar-refractivity contribution < 1.29 is 9.84 Å². The first kappa shape index (κ1) is 11.6. The highest BCUT2D eigenvalue weighted by Crippen LogP contribution is 2.34. The summed E-state index contributed by atoms with van der Waals surface area (Å²) in [6.45, 7) is 2.51. The van der Waals surface area contributed by atoms with E-state index in [9.17, 15) is 0 Å². The van der Waals surface area contributed by atoms with Crippen molar-refractivity contribution in [2.45, 2.75) is 20.0 Å². The molecule has 0 aliphatic carbocycles. The summed E-state index contributed by atoms with van der Waals surface area (Å²) in [4.78, 5) is 0. The predicted molar refractivity (Wildman–Crippen MR) is 58.2 cm³/mol. The van der Waals surface area contributed by atoms with Gasteiger partial charge in [-0.15, -0.1) is 0 Å². The molecule has 78 valence electrons. The zero-order valence-electron chi connectivity index (χ0n) is 7.89. The molecule has 0 aliphatic heterocycles. The first-order chi connectivity index (χ1) is 6.69. The molecule has 0 bridgehead atoms. The highest BCUT2D eigenvalue weighted by Gasteiger charge is 2.08. The molecule has 0 saturated carbocycles. The molecular weight excluding hydrogens is 223 g/mol. The summed E-state index contributed by atoms with van der Waals surface area (Å²) in [7, 11) is 0. The van der Waals surface area contributed by atoms with Crippen molar-refractivity contribution in [3.63, 3.8) is 0 Å². The Kier molecular flexibility index (Phi) is 4.52. The van der Waals surface area contributed by atoms with E-state index in [1.807, 2.05) is 6.92 Å². The molecular formula is C10H12Cl2O2. The minimum Gasteiger partial charge on any atom is -0.490 e. The van der Waals surface area contributed by atoms with Crippen LogP contribution in [0.2, 0.25) is 10.0 Å². The van der Waals surface area contributed by atoms with E-state index in [4.69, 9.17) is 33.0 Å². The SMILES string of the molecule is CCCOc1c(Cl)cc(CO)cc1Cl. The van der Waals surface area contributed by atoms with Crippen molar-refractivity contribution in [2.75, 3.05) is 6.61 Å². The van der Waals surface area contributed by atoms with E-state index in [0.29, 0.717) is 28.0 Å². The van der Waals surface area contributed by atoms with Crippen LogP contribution in [-0.2, 0) is 6.61 Å². The van der Waals surface area contributed by atoms with Gasteiger partial charge in [-0.1, -0.05) is 30.1 Å². The third kappa shape index (κ3) is 2.77. The topological polar surface area (TPSA) is 29.5 Å². The van der Waals surface area contributed by atoms with Crippen LogP contribution in [-0.4, -0.2) is 11.7 Å². The zero-order chi connectivity index (χ0) is 10.6. The van der Waals surface area contributed by atoms with Gasteiger partial charge in [-0.05, 0) is 24.1 Å². The van der Waals surface area contributed by atoms with Gasteiger partial charge in [0.2, 0.25) is 0 Å². The summed E-state index contributed by atoms with van der Waals surface area (Å²) in [5.41, 5.74) is 0.684. The number of halogens is 2. The molecule has 0 amide bonds. The maximum atomic E-state index is 8.90. The molecule has 2 nitrogen and oxygen atoms in total. The van der Waals surface area contributed by atoms with Gasteiger partial charge in [-0.2, -0.15) is 0 Å². The lowest BCUT2D eigenvalue weighted by Gasteiger charge is -2.10. The molecule has 0 heterocycles. The average molecular weight is 235 g/mol. The van der Waals surface area contributed by atoms with Gasteiger partial charge in [0.1, 0.15) is 0 Å². The molecule has 0 spiro atoms. The second kappa shape index (κ2) is 5.44. The summed E-state index contributed by atoms with van der Waals surface area (Å²) >= 11 is 11.9. The number of ether oxygens (including phenoxy) is 1. The van der Waals surface area contributed by atoms with Gasteiger partial charge in [0, 0.05) is 0 Å². The van der Waals surface area contributed by atoms with Gasteiger partial charge in [-0.25, -0.2) is 0 Å². The normalized spacial score (nSPS) is 10.3. The minimum atomic E-state index is -0.0759. The fourth-order valence-corrected chi connectivity index (χ4v) is 1.69. The van der Waals surface area contributed by atoms with Crippen LogP contribution in [0.5, 0.6) is 5.75 Å². The molecule has 0 aliphatic rings. The summed E-state index contributed by atoms with van der Waals surface area (Å²) in [6, 6.07) is 3.30. The molecule has 0 aromatic heterocycles. The van der Waals surface area contributed by atoms with Gasteiger partial charge in [0.15, 0.2) is 5.75 Å². The molecule has 14 heavy (non-hydrogen) atoms. The quantitative estimate of drug-likeness (QED) is 0.867. The molecule has 1 N–H and O–H groups in total. The Morgan fingerprint density at radius 3 is 2.29 bits per heavy atom. The van der Waals surface area contributed by atoms with Gasteiger partial charge in [0.25, 0.3) is 0 Å². The van der Waals surface area contributed by atoms with E-state index in [1.165, 1.54) is 0 Å². The standard InChI is InChI=1S/C10H12Cl2O2/c1-2-3-14-10-8(11)4-7(6-13)5-9(10)12/h4-5,13H,2-3,6H2,1H3. The second-order valence-corrected chi connectivity index (χ2v) is 3.71. The van der Waals surface area contributed by atoms with E-state index in [-0.39, 0.29) is 6.61 Å². The van der Waals surface area contributed by atoms with Gasteiger partial charge in [-0.3, -0.25) is 0 Å². The van der Waals surface area contributed by atoms with Crippen LogP contribution in [0.15, 0.2) is 12.1 Å². The molecule has 0 radical (unpaired) electrons. The molecule has 0 saturated heterocycles. The lowest BCUT2D eigenvalue weighted by atomic mass is 10.2. The van der Waals surface area contributed by atoms with Gasteiger partial charge in [0.05, 0.1) is 23.3 Å². The number of rotatable bonds is 4. The Morgan fingerprint density at radius 2 is 1.86 bits per heavy atom. The van der Waals surface area contributed by atoms with Gasteiger partial charge < -0.3 is 9.84 Å². The van der Waals surface area contributed by atoms with E-state index < -0.39 is 0 Å². The van der Waals surface area contributed by atoms with Crippen LogP contribution < -0.4 is 4.74 Å². The Morgan fingerprint density at radius 1 is 1.29 bits per heavy atom. The molecule has 1 aromatic rings. The van der Waals surface area contributed by atoms with E-state index in [2.05, 4.69) is 0 Å². The molecule has 0 unspecified atom stereocenters. The van der Waals surface area contributed by atoms with E-state index in [1.54, 1.807) is 12.1 Å². The predicted octanol–water partition coefficient (Wildman–Crippen LogP) is 3.27. The molecule has 1 rings (SSSR count). The minimum absolute atomic E-state index is 0.0759. The van der Waals surface area contributed by atoms with Crippen LogP contribution in [0.4, 0.5) is 0 Å². The number of aliphatic hydroxyl groups is 1. The zero-order valence-corrected chi connectivity index (χ0v) is 9.40. The van der Waals surface area contributed by atoms with Gasteiger partial charge >= 0.3 is 0 Å². The lowest BCUT2D eigenvalue weighted by Crippen LogP contribution is -1.97. The van der Waals surface area contributed by atoms with E-state index in [0.717, 1.165) is 6.42 Å². The molecule has 1 aromatic carbocycles. The Bertz CT molecular complexity index is 290. The third-order valence-corrected chi connectivity index (χ3v) is 2.25. The Hall–Kier alpha value is -0.440. The van der Waals surface area contributed by atoms with Crippen LogP contribution in [0.25, 0.3) is 0 Å². The second-order valence-electron chi connectivity index (χ2n) is 2.90. The molecule has 0 atom stereocenters. The summed E-state index contributed by atoms with van der Waals surface area (Å²) in [5, 5.41) is 9.77. The third-order valence-electron chi connectivity index (χ3n) is 1.69. The van der Waals surface area contributed by atoms with Crippen molar-refractivity contribution in [1.82, 2.24) is 0 Å². The molecule has 0 fully saturated rings. The fourth-order valence-electron chi connectivity index (χ4n) is 1.05. The largest absolute Gasteiger partial charge is 0.490 e. The number of aliphatic hydroxyl groups excluding tert-OH is 1. The van der Waals surface area contributed by atoms with Crippen molar-refractivity contribution in [1.29, 1.82) is 0 Å². The summed E-state index contributed by atoms with van der Waals surface area (Å²) < 4.78 is 5.37. The highest BCUT2D eigenvalue weighted by molar-refractivity contribution is 6.37. The van der Waals surface area contributed by atoms with Crippen molar-refractivity contribution in [2.24, 2.45) is 0 Å². The summed E-state index contributed by atoms with van der Waals surface area (Å²) in [6.07, 6.45) is 0.897. The number of benzene rings is 1. The highest BCUT2D eigenvalue weighted by atomic mass is 35.5. The fraction of sp³-hybridized carbons (Fsp3) is 0.400. The first-order valence-corrected chi connectivity index (χ1v) is 5.16. The van der Waals surface area contributed by atoms with Crippen molar-refractivity contribution in [3.8, 4) is 5.75 Å². The Balaban J connectivity index is 2.93. The summed E-state index contributed by atoms with van der Waals surface area (Å²) in [5.74, 6) is 0.493.